The van der Waals surface area contributed by atoms with Crippen LogP contribution >= 0.6 is 0 Å². The molecule has 12 atom stereocenters. The molecule has 1 aromatic rings. The summed E-state index contributed by atoms with van der Waals surface area (Å²) in [5, 5.41) is 22.3. The molecule has 0 saturated carbocycles. The number of ether oxygens (including phenoxy) is 3. The van der Waals surface area contributed by atoms with E-state index in [1.807, 2.05) is 60.6 Å². The van der Waals surface area contributed by atoms with E-state index in [1.165, 1.54) is 19.1 Å². The van der Waals surface area contributed by atoms with Crippen LogP contribution in [0.4, 0.5) is 10.5 Å². The van der Waals surface area contributed by atoms with E-state index in [1.54, 1.807) is 88.1 Å². The first-order valence-corrected chi connectivity index (χ1v) is 26.4. The normalized spacial score (nSPS) is 20.6. The zero-order valence-electron chi connectivity index (χ0n) is 46.8. The highest BCUT2D eigenvalue weighted by Crippen LogP contribution is 2.31. The molecule has 0 aromatic heterocycles. The molecule has 3 rings (SSSR count). The van der Waals surface area contributed by atoms with Gasteiger partial charge in [0.2, 0.25) is 35.4 Å². The second-order valence-electron chi connectivity index (χ2n) is 21.6. The SMILES string of the molecule is CC[C@H](C)[C@@H]([C@@H](CC(=O)N1CCC[C@H]1[C@H](OC)[C@@H](C)C(=O)N[C@H](C)C[C@]1(O)C=CC=CC1)OC)N(C)C(=O)[C@@H](NC(=O)[C@H](C(C)C)N(C)C(=O)OCc1ccc(NC(=O)[C@H](C)NC(=O)[C@@H](N)C(C)C)cc1)C(C)C. The number of methoxy groups -OCH3 is 2. The molecule has 1 heterocycles. The Morgan fingerprint density at radius 2 is 1.46 bits per heavy atom. The number of nitrogens with two attached hydrogens (primary N) is 1. The minimum atomic E-state index is -1.05. The number of likely N-dealkylation sites (N-methyl/N-ethyl adjacent to an activating group) is 2. The Morgan fingerprint density at radius 1 is 0.811 bits per heavy atom. The van der Waals surface area contributed by atoms with Crippen molar-refractivity contribution in [3.8, 4) is 0 Å². The van der Waals surface area contributed by atoms with Gasteiger partial charge in [0.15, 0.2) is 0 Å². The molecule has 74 heavy (non-hydrogen) atoms. The summed E-state index contributed by atoms with van der Waals surface area (Å²) in [5.41, 5.74) is 5.93. The molecule has 1 aliphatic heterocycles. The lowest BCUT2D eigenvalue weighted by Gasteiger charge is -2.41. The average molecular weight is 1040 g/mol. The number of hydrogen-bond acceptors (Lipinski definition) is 12. The fourth-order valence-electron chi connectivity index (χ4n) is 9.94. The maximum atomic E-state index is 14.7. The van der Waals surface area contributed by atoms with Crippen molar-refractivity contribution in [1.82, 2.24) is 30.7 Å². The minimum absolute atomic E-state index is 0.0508. The van der Waals surface area contributed by atoms with E-state index in [-0.39, 0.29) is 66.5 Å². The molecule has 7 amide bonds. The monoisotopic (exact) mass is 1040 g/mol. The summed E-state index contributed by atoms with van der Waals surface area (Å²) >= 11 is 0. The average Bonchev–Trinajstić information content (AvgIpc) is 3.84. The standard InChI is InChI=1S/C55H90N8O11/c1-16-35(8)47(42(72-14)29-43(64)63-28-20-21-41(63)48(73-15)37(10)49(65)57-36(9)30-55(71)26-18-17-19-27-55)61(12)53(69)45(33(4)5)60-52(68)46(34(6)7)62(13)54(70)74-31-39-22-24-40(25-23-39)59-50(66)38(11)58-51(67)44(56)32(2)3/h17-19,22-26,32-38,41-42,44-48,71H,16,20-21,27-31,56H2,1-15H3,(H,57,65)(H,58,67)(H,59,66)(H,60,68)/t35-,36+,37+,38-,41-,42+,44-,45-,46-,47-,48+,55-/m0/s1. The molecule has 1 aromatic carbocycles. The van der Waals surface area contributed by atoms with Crippen LogP contribution in [0.5, 0.6) is 0 Å². The van der Waals surface area contributed by atoms with Gasteiger partial charge in [0.1, 0.15) is 24.7 Å². The number of anilines is 1. The van der Waals surface area contributed by atoms with E-state index in [2.05, 4.69) is 21.3 Å². The number of carbonyl (C=O) groups is 7. The fourth-order valence-corrected chi connectivity index (χ4v) is 9.94. The van der Waals surface area contributed by atoms with Crippen LogP contribution < -0.4 is 27.0 Å². The molecule has 1 saturated heterocycles. The van der Waals surface area contributed by atoms with E-state index in [9.17, 15) is 38.7 Å². The number of carbonyl (C=O) groups excluding carboxylic acids is 7. The summed E-state index contributed by atoms with van der Waals surface area (Å²) in [6, 6.07) is 1.73. The lowest BCUT2D eigenvalue weighted by Crippen LogP contribution is -2.60. The van der Waals surface area contributed by atoms with Crippen molar-refractivity contribution in [1.29, 1.82) is 0 Å². The topological polar surface area (TPSA) is 251 Å². The zero-order valence-corrected chi connectivity index (χ0v) is 46.8. The summed E-state index contributed by atoms with van der Waals surface area (Å²) in [7, 11) is 6.19. The summed E-state index contributed by atoms with van der Waals surface area (Å²) in [6.07, 6.45) is 7.97. The molecule has 7 N–H and O–H groups in total. The van der Waals surface area contributed by atoms with Gasteiger partial charge in [-0.15, -0.1) is 0 Å². The van der Waals surface area contributed by atoms with Crippen molar-refractivity contribution >= 4 is 47.2 Å². The second kappa shape index (κ2) is 29.1. The Morgan fingerprint density at radius 3 is 2.00 bits per heavy atom. The van der Waals surface area contributed by atoms with Crippen molar-refractivity contribution in [2.45, 2.75) is 181 Å². The first-order chi connectivity index (χ1) is 34.7. The van der Waals surface area contributed by atoms with Gasteiger partial charge in [-0.25, -0.2) is 4.79 Å². The molecule has 0 bridgehead atoms. The van der Waals surface area contributed by atoms with Crippen LogP contribution in [0.1, 0.15) is 120 Å². The van der Waals surface area contributed by atoms with Crippen LogP contribution in [0, 0.1) is 29.6 Å². The third-order valence-electron chi connectivity index (χ3n) is 14.6. The largest absolute Gasteiger partial charge is 0.445 e. The van der Waals surface area contributed by atoms with Crippen LogP contribution in [-0.4, -0.2) is 156 Å². The molecule has 416 valence electrons. The van der Waals surface area contributed by atoms with Gasteiger partial charge >= 0.3 is 6.09 Å². The Bertz CT molecular complexity index is 2100. The highest BCUT2D eigenvalue weighted by molar-refractivity contribution is 5.97. The van der Waals surface area contributed by atoms with Gasteiger partial charge < -0.3 is 56.1 Å². The predicted molar refractivity (Wildman–Crippen MR) is 285 cm³/mol. The first-order valence-electron chi connectivity index (χ1n) is 26.4. The van der Waals surface area contributed by atoms with Gasteiger partial charge in [0.05, 0.1) is 48.3 Å². The highest BCUT2D eigenvalue weighted by atomic mass is 16.6. The number of allylic oxidation sites excluding steroid dienone is 2. The van der Waals surface area contributed by atoms with Crippen molar-refractivity contribution in [2.75, 3.05) is 40.2 Å². The number of hydrogen-bond donors (Lipinski definition) is 6. The first kappa shape index (κ1) is 62.9. The Kier molecular flexibility index (Phi) is 24.7. The van der Waals surface area contributed by atoms with E-state index >= 15 is 0 Å². The minimum Gasteiger partial charge on any atom is -0.445 e. The van der Waals surface area contributed by atoms with Gasteiger partial charge in [0.25, 0.3) is 0 Å². The number of nitrogens with one attached hydrogen (secondary N) is 4. The van der Waals surface area contributed by atoms with Crippen molar-refractivity contribution < 1.29 is 52.9 Å². The second-order valence-corrected chi connectivity index (χ2v) is 21.6. The molecule has 0 unspecified atom stereocenters. The molecular formula is C55H90N8O11. The van der Waals surface area contributed by atoms with E-state index in [0.29, 0.717) is 49.9 Å². The van der Waals surface area contributed by atoms with Gasteiger partial charge in [-0.1, -0.05) is 105 Å². The smallest absolute Gasteiger partial charge is 0.410 e. The van der Waals surface area contributed by atoms with Gasteiger partial charge in [-0.3, -0.25) is 33.7 Å². The number of amides is 7. The quantitative estimate of drug-likeness (QED) is 0.0688. The summed E-state index contributed by atoms with van der Waals surface area (Å²) in [6.45, 7) is 20.4. The van der Waals surface area contributed by atoms with Crippen LogP contribution in [-0.2, 0) is 49.6 Å². The summed E-state index contributed by atoms with van der Waals surface area (Å²) < 4.78 is 17.7. The number of aliphatic hydroxyl groups is 1. The van der Waals surface area contributed by atoms with E-state index < -0.39 is 77.8 Å². The van der Waals surface area contributed by atoms with Crippen LogP contribution in [0.25, 0.3) is 0 Å². The van der Waals surface area contributed by atoms with Crippen molar-refractivity contribution in [3.05, 3.63) is 54.1 Å². The molecule has 0 spiro atoms. The molecule has 1 aliphatic carbocycles. The van der Waals surface area contributed by atoms with E-state index in [0.717, 1.165) is 0 Å². The number of benzene rings is 1. The Hall–Kier alpha value is -5.37. The lowest BCUT2D eigenvalue weighted by atomic mass is 9.88. The van der Waals surface area contributed by atoms with Crippen LogP contribution in [0.15, 0.2) is 48.6 Å². The molecular weight excluding hydrogens is 949 g/mol. The van der Waals surface area contributed by atoms with Crippen molar-refractivity contribution in [3.63, 3.8) is 0 Å². The van der Waals surface area contributed by atoms with E-state index in [4.69, 9.17) is 19.9 Å². The van der Waals surface area contributed by atoms with Gasteiger partial charge in [-0.05, 0) is 80.9 Å². The maximum absolute atomic E-state index is 14.7. The summed E-state index contributed by atoms with van der Waals surface area (Å²) in [4.78, 5) is 100. The molecule has 0 radical (unpaired) electrons. The fraction of sp³-hybridized carbons (Fsp3) is 0.691. The Balaban J connectivity index is 1.69. The van der Waals surface area contributed by atoms with Crippen LogP contribution in [0.2, 0.25) is 0 Å². The molecule has 19 nitrogen and oxygen atoms in total. The maximum Gasteiger partial charge on any atom is 0.410 e. The molecule has 2 aliphatic rings. The molecule has 19 heteroatoms. The van der Waals surface area contributed by atoms with Gasteiger partial charge in [-0.2, -0.15) is 0 Å². The summed E-state index contributed by atoms with van der Waals surface area (Å²) in [5.74, 6) is -3.81. The number of likely N-dealkylation sites (tertiary alicyclic amines) is 1. The zero-order chi connectivity index (χ0) is 55.8. The predicted octanol–water partition coefficient (Wildman–Crippen LogP) is 4.91. The van der Waals surface area contributed by atoms with Crippen LogP contribution in [0.3, 0.4) is 0 Å². The molecule has 1 fully saturated rings. The third-order valence-corrected chi connectivity index (χ3v) is 14.6. The Labute approximate surface area is 440 Å². The lowest BCUT2D eigenvalue weighted by molar-refractivity contribution is -0.148. The highest BCUT2D eigenvalue weighted by Gasteiger charge is 2.44. The number of nitrogens with zero attached hydrogens (tertiary/aromatic N) is 3. The number of rotatable bonds is 27. The van der Waals surface area contributed by atoms with Gasteiger partial charge in [0, 0.05) is 46.6 Å². The third kappa shape index (κ3) is 17.3. The van der Waals surface area contributed by atoms with Crippen molar-refractivity contribution in [2.24, 2.45) is 35.3 Å².